The first kappa shape index (κ1) is 16.3. The lowest BCUT2D eigenvalue weighted by Crippen LogP contribution is -2.52. The number of nitrogens with zero attached hydrogens (tertiary/aromatic N) is 3. The number of benzene rings is 1. The van der Waals surface area contributed by atoms with Crippen LogP contribution in [0.1, 0.15) is 27.7 Å². The molecule has 132 valence electrons. The van der Waals surface area contributed by atoms with Gasteiger partial charge in [0.2, 0.25) is 5.91 Å². The molecular formula is C19H17FN4O2. The molecule has 0 radical (unpaired) electrons. The molecule has 1 aliphatic heterocycles. The van der Waals surface area contributed by atoms with Crippen LogP contribution < -0.4 is 5.32 Å². The van der Waals surface area contributed by atoms with Crippen molar-refractivity contribution in [1.29, 1.82) is 0 Å². The van der Waals surface area contributed by atoms with Gasteiger partial charge in [0.1, 0.15) is 23.2 Å². The number of rotatable bonds is 2. The van der Waals surface area contributed by atoms with E-state index in [0.29, 0.717) is 24.3 Å². The minimum absolute atomic E-state index is 0.275. The number of piperazine rings is 1. The monoisotopic (exact) mass is 352 g/mol. The molecule has 7 heteroatoms. The third kappa shape index (κ3) is 2.81. The molecule has 1 N–H and O–H groups in total. The maximum absolute atomic E-state index is 13.2. The lowest BCUT2D eigenvalue weighted by Gasteiger charge is -2.34. The van der Waals surface area contributed by atoms with Gasteiger partial charge in [-0.3, -0.25) is 9.59 Å². The number of imidazole rings is 1. The summed E-state index contributed by atoms with van der Waals surface area (Å²) in [6.45, 7) is 2.69. The number of carbonyl (C=O) groups is 2. The molecule has 3 heterocycles. The first-order valence-electron chi connectivity index (χ1n) is 8.32. The molecule has 3 aromatic rings. The molecule has 2 aromatic heterocycles. The molecule has 0 bridgehead atoms. The van der Waals surface area contributed by atoms with Crippen molar-refractivity contribution in [1.82, 2.24) is 19.6 Å². The standard InChI is InChI=1S/C19H17FN4O2/c1-12-2-7-16-22-15(11-23(16)10-12)19(26)24-9-8-21-18(25)17(24)13-3-5-14(20)6-4-13/h2-7,10-11,17H,8-9H2,1H3,(H,21,25)/t17-/m0/s1. The Labute approximate surface area is 149 Å². The van der Waals surface area contributed by atoms with Crippen LogP contribution in [0.4, 0.5) is 4.39 Å². The molecule has 2 amide bonds. The third-order valence-corrected chi connectivity index (χ3v) is 4.48. The number of hydrogen-bond donors (Lipinski definition) is 1. The summed E-state index contributed by atoms with van der Waals surface area (Å²) in [5, 5.41) is 2.76. The Morgan fingerprint density at radius 2 is 1.96 bits per heavy atom. The van der Waals surface area contributed by atoms with Crippen molar-refractivity contribution in [2.75, 3.05) is 13.1 Å². The van der Waals surface area contributed by atoms with Gasteiger partial charge >= 0.3 is 0 Å². The second-order valence-corrected chi connectivity index (χ2v) is 6.34. The van der Waals surface area contributed by atoms with Gasteiger partial charge in [-0.25, -0.2) is 9.37 Å². The van der Waals surface area contributed by atoms with E-state index in [1.165, 1.54) is 29.2 Å². The van der Waals surface area contributed by atoms with Crippen LogP contribution in [0.25, 0.3) is 5.65 Å². The van der Waals surface area contributed by atoms with E-state index >= 15 is 0 Å². The highest BCUT2D eigenvalue weighted by Crippen LogP contribution is 2.25. The highest BCUT2D eigenvalue weighted by molar-refractivity contribution is 5.97. The molecule has 1 atom stereocenters. The SMILES string of the molecule is Cc1ccc2nc(C(=O)N3CCNC(=O)[C@@H]3c3ccc(F)cc3)cn2c1. The summed E-state index contributed by atoms with van der Waals surface area (Å²) < 4.78 is 15.0. The number of amides is 2. The number of hydrogen-bond acceptors (Lipinski definition) is 3. The van der Waals surface area contributed by atoms with E-state index in [9.17, 15) is 14.0 Å². The second kappa shape index (κ2) is 6.25. The summed E-state index contributed by atoms with van der Waals surface area (Å²) in [4.78, 5) is 31.3. The predicted molar refractivity (Wildman–Crippen MR) is 93.1 cm³/mol. The van der Waals surface area contributed by atoms with Gasteiger partial charge in [0.25, 0.3) is 5.91 Å². The first-order chi connectivity index (χ1) is 12.5. The van der Waals surface area contributed by atoms with Gasteiger partial charge in [0.05, 0.1) is 0 Å². The van der Waals surface area contributed by atoms with E-state index in [-0.39, 0.29) is 17.5 Å². The highest BCUT2D eigenvalue weighted by Gasteiger charge is 2.35. The summed E-state index contributed by atoms with van der Waals surface area (Å²) in [6, 6.07) is 8.58. The van der Waals surface area contributed by atoms with Crippen LogP contribution >= 0.6 is 0 Å². The van der Waals surface area contributed by atoms with Gasteiger partial charge in [0, 0.05) is 25.5 Å². The van der Waals surface area contributed by atoms with Crippen LogP contribution in [0.5, 0.6) is 0 Å². The normalized spacial score (nSPS) is 17.4. The fourth-order valence-corrected chi connectivity index (χ4v) is 3.22. The lowest BCUT2D eigenvalue weighted by molar-refractivity contribution is -0.128. The largest absolute Gasteiger partial charge is 0.352 e. The van der Waals surface area contributed by atoms with E-state index in [1.807, 2.05) is 25.3 Å². The van der Waals surface area contributed by atoms with Crippen molar-refractivity contribution >= 4 is 17.5 Å². The number of pyridine rings is 1. The zero-order chi connectivity index (χ0) is 18.3. The minimum atomic E-state index is -0.802. The van der Waals surface area contributed by atoms with Crippen molar-refractivity contribution in [3.63, 3.8) is 0 Å². The van der Waals surface area contributed by atoms with Crippen molar-refractivity contribution in [3.8, 4) is 0 Å². The highest BCUT2D eigenvalue weighted by atomic mass is 19.1. The van der Waals surface area contributed by atoms with Gasteiger partial charge in [-0.2, -0.15) is 0 Å². The fourth-order valence-electron chi connectivity index (χ4n) is 3.22. The summed E-state index contributed by atoms with van der Waals surface area (Å²) in [6.07, 6.45) is 3.55. The van der Waals surface area contributed by atoms with Crippen LogP contribution in [-0.4, -0.2) is 39.2 Å². The molecule has 1 saturated heterocycles. The Hall–Kier alpha value is -3.22. The van der Waals surface area contributed by atoms with E-state index in [0.717, 1.165) is 5.56 Å². The van der Waals surface area contributed by atoms with E-state index in [1.54, 1.807) is 10.6 Å². The van der Waals surface area contributed by atoms with Crippen molar-refractivity contribution < 1.29 is 14.0 Å². The zero-order valence-corrected chi connectivity index (χ0v) is 14.1. The Bertz CT molecular complexity index is 996. The van der Waals surface area contributed by atoms with Gasteiger partial charge < -0.3 is 14.6 Å². The van der Waals surface area contributed by atoms with E-state index < -0.39 is 11.9 Å². The van der Waals surface area contributed by atoms with Crippen LogP contribution in [0.3, 0.4) is 0 Å². The summed E-state index contributed by atoms with van der Waals surface area (Å²) in [5.74, 6) is -0.995. The number of fused-ring (bicyclic) bond motifs is 1. The number of aryl methyl sites for hydroxylation is 1. The van der Waals surface area contributed by atoms with E-state index in [2.05, 4.69) is 10.3 Å². The Kier molecular flexibility index (Phi) is 3.91. The minimum Gasteiger partial charge on any atom is -0.352 e. The summed E-state index contributed by atoms with van der Waals surface area (Å²) in [5.41, 5.74) is 2.56. The van der Waals surface area contributed by atoms with Crippen LogP contribution in [0.15, 0.2) is 48.8 Å². The maximum Gasteiger partial charge on any atom is 0.275 e. The second-order valence-electron chi connectivity index (χ2n) is 6.34. The maximum atomic E-state index is 13.2. The summed E-state index contributed by atoms with van der Waals surface area (Å²) in [7, 11) is 0. The Balaban J connectivity index is 1.71. The number of aromatic nitrogens is 2. The van der Waals surface area contributed by atoms with E-state index in [4.69, 9.17) is 0 Å². The number of halogens is 1. The Morgan fingerprint density at radius 3 is 2.73 bits per heavy atom. The molecule has 0 spiro atoms. The fraction of sp³-hybridized carbons (Fsp3) is 0.211. The molecule has 4 rings (SSSR count). The van der Waals surface area contributed by atoms with Crippen molar-refractivity contribution in [3.05, 3.63) is 71.4 Å². The predicted octanol–water partition coefficient (Wildman–Crippen LogP) is 2.10. The van der Waals surface area contributed by atoms with Gasteiger partial charge in [0.15, 0.2) is 0 Å². The van der Waals surface area contributed by atoms with Gasteiger partial charge in [-0.05, 0) is 36.2 Å². The molecule has 0 saturated carbocycles. The summed E-state index contributed by atoms with van der Waals surface area (Å²) >= 11 is 0. The number of nitrogens with one attached hydrogen (secondary N) is 1. The average Bonchev–Trinajstić information content (AvgIpc) is 3.05. The van der Waals surface area contributed by atoms with Crippen LogP contribution in [0.2, 0.25) is 0 Å². The molecule has 0 unspecified atom stereocenters. The van der Waals surface area contributed by atoms with Gasteiger partial charge in [-0.1, -0.05) is 18.2 Å². The van der Waals surface area contributed by atoms with Crippen molar-refractivity contribution in [2.24, 2.45) is 0 Å². The molecule has 6 nitrogen and oxygen atoms in total. The quantitative estimate of drug-likeness (QED) is 0.768. The smallest absolute Gasteiger partial charge is 0.275 e. The Morgan fingerprint density at radius 1 is 1.19 bits per heavy atom. The topological polar surface area (TPSA) is 66.7 Å². The molecule has 26 heavy (non-hydrogen) atoms. The molecule has 1 aromatic carbocycles. The first-order valence-corrected chi connectivity index (χ1v) is 8.32. The molecule has 1 fully saturated rings. The van der Waals surface area contributed by atoms with Crippen LogP contribution in [-0.2, 0) is 4.79 Å². The average molecular weight is 352 g/mol. The lowest BCUT2D eigenvalue weighted by atomic mass is 10.0. The zero-order valence-electron chi connectivity index (χ0n) is 14.1. The molecular weight excluding hydrogens is 335 g/mol. The van der Waals surface area contributed by atoms with Crippen LogP contribution in [0, 0.1) is 12.7 Å². The van der Waals surface area contributed by atoms with Gasteiger partial charge in [-0.15, -0.1) is 0 Å². The molecule has 1 aliphatic rings. The third-order valence-electron chi connectivity index (χ3n) is 4.48. The van der Waals surface area contributed by atoms with Crippen molar-refractivity contribution in [2.45, 2.75) is 13.0 Å². The number of carbonyl (C=O) groups excluding carboxylic acids is 2. The molecule has 0 aliphatic carbocycles.